The molecule has 0 heterocycles. The predicted octanol–water partition coefficient (Wildman–Crippen LogP) is 3.90. The first-order chi connectivity index (χ1) is 6.81. The van der Waals surface area contributed by atoms with Crippen molar-refractivity contribution >= 4 is 10.8 Å². The van der Waals surface area contributed by atoms with E-state index in [0.29, 0.717) is 0 Å². The summed E-state index contributed by atoms with van der Waals surface area (Å²) in [7, 11) is 0. The van der Waals surface area contributed by atoms with Crippen LogP contribution >= 0.6 is 0 Å². The second-order valence-electron chi connectivity index (χ2n) is 3.77. The summed E-state index contributed by atoms with van der Waals surface area (Å²) in [4.78, 5) is 0. The molecule has 0 aliphatic carbocycles. The molecule has 0 saturated heterocycles. The predicted molar refractivity (Wildman–Crippen MR) is 61.5 cm³/mol. The Kier molecular flexibility index (Phi) is 2.53. The van der Waals surface area contributed by atoms with Crippen LogP contribution in [0.5, 0.6) is 0 Å². The minimum absolute atomic E-state index is 1.13. The van der Waals surface area contributed by atoms with Gasteiger partial charge < -0.3 is 0 Å². The lowest BCUT2D eigenvalue weighted by Gasteiger charge is -2.06. The molecule has 2 aromatic carbocycles. The first-order valence-corrected chi connectivity index (χ1v) is 5.22. The van der Waals surface area contributed by atoms with Gasteiger partial charge in [0.25, 0.3) is 0 Å². The summed E-state index contributed by atoms with van der Waals surface area (Å²) >= 11 is 0. The van der Waals surface area contributed by atoms with Crippen molar-refractivity contribution in [2.24, 2.45) is 0 Å². The van der Waals surface area contributed by atoms with Gasteiger partial charge in [0.2, 0.25) is 0 Å². The molecule has 0 heteroatoms. The van der Waals surface area contributed by atoms with Crippen LogP contribution in [0, 0.1) is 13.0 Å². The van der Waals surface area contributed by atoms with E-state index in [1.165, 1.54) is 28.3 Å². The van der Waals surface area contributed by atoms with Gasteiger partial charge in [-0.3, -0.25) is 0 Å². The van der Waals surface area contributed by atoms with Gasteiger partial charge in [-0.2, -0.15) is 0 Å². The molecule has 2 rings (SSSR count). The number of benzene rings is 2. The van der Waals surface area contributed by atoms with E-state index in [1.807, 2.05) is 0 Å². The molecule has 0 aliphatic rings. The summed E-state index contributed by atoms with van der Waals surface area (Å²) in [5, 5.41) is 2.70. The van der Waals surface area contributed by atoms with Crippen molar-refractivity contribution in [3.05, 3.63) is 47.5 Å². The van der Waals surface area contributed by atoms with Crippen molar-refractivity contribution in [1.29, 1.82) is 0 Å². The Morgan fingerprint density at radius 2 is 2.00 bits per heavy atom. The van der Waals surface area contributed by atoms with Crippen LogP contribution < -0.4 is 0 Å². The number of aryl methyl sites for hydroxylation is 2. The maximum absolute atomic E-state index is 3.45. The van der Waals surface area contributed by atoms with E-state index in [4.69, 9.17) is 0 Å². The Morgan fingerprint density at radius 3 is 2.79 bits per heavy atom. The van der Waals surface area contributed by atoms with E-state index in [1.54, 1.807) is 0 Å². The molecule has 0 amide bonds. The van der Waals surface area contributed by atoms with Crippen molar-refractivity contribution in [2.45, 2.75) is 26.7 Å². The second kappa shape index (κ2) is 3.83. The zero-order valence-electron chi connectivity index (χ0n) is 8.80. The smallest absolute Gasteiger partial charge is 0.0111 e. The summed E-state index contributed by atoms with van der Waals surface area (Å²) in [5.41, 5.74) is 2.61. The monoisotopic (exact) mass is 183 g/mol. The Bertz CT molecular complexity index is 441. The van der Waals surface area contributed by atoms with Gasteiger partial charge >= 0.3 is 0 Å². The Labute approximate surface area is 85.6 Å². The molecule has 0 bridgehead atoms. The quantitative estimate of drug-likeness (QED) is 0.662. The minimum atomic E-state index is 1.13. The van der Waals surface area contributed by atoms with Gasteiger partial charge in [-0.1, -0.05) is 43.7 Å². The molecule has 0 unspecified atom stereocenters. The number of hydrogen-bond donors (Lipinski definition) is 0. The van der Waals surface area contributed by atoms with E-state index in [9.17, 15) is 0 Å². The Morgan fingerprint density at radius 1 is 1.21 bits per heavy atom. The van der Waals surface area contributed by atoms with E-state index in [-0.39, 0.29) is 0 Å². The summed E-state index contributed by atoms with van der Waals surface area (Å²) in [6, 6.07) is 14.2. The topological polar surface area (TPSA) is 0 Å². The fourth-order valence-electron chi connectivity index (χ4n) is 1.92. The molecule has 0 aromatic heterocycles. The zero-order valence-corrected chi connectivity index (χ0v) is 8.80. The average molecular weight is 183 g/mol. The highest BCUT2D eigenvalue weighted by Gasteiger charge is 2.00. The lowest BCUT2D eigenvalue weighted by molar-refractivity contribution is 0.926. The number of rotatable bonds is 2. The van der Waals surface area contributed by atoms with Crippen molar-refractivity contribution in [2.75, 3.05) is 0 Å². The molecule has 0 spiro atoms. The van der Waals surface area contributed by atoms with Crippen molar-refractivity contribution < 1.29 is 0 Å². The highest BCUT2D eigenvalue weighted by molar-refractivity contribution is 5.86. The van der Waals surface area contributed by atoms with Gasteiger partial charge in [-0.05, 0) is 41.3 Å². The molecule has 0 nitrogen and oxygen atoms in total. The van der Waals surface area contributed by atoms with Crippen LogP contribution in [-0.2, 0) is 6.42 Å². The molecule has 2 aromatic rings. The normalized spacial score (nSPS) is 10.7. The lowest BCUT2D eigenvalue weighted by Crippen LogP contribution is -1.88. The lowest BCUT2D eigenvalue weighted by atomic mass is 9.99. The van der Waals surface area contributed by atoms with E-state index < -0.39 is 0 Å². The molecular weight excluding hydrogens is 168 g/mol. The van der Waals surface area contributed by atoms with Gasteiger partial charge in [0.05, 0.1) is 0 Å². The van der Waals surface area contributed by atoms with Crippen LogP contribution in [0.1, 0.15) is 24.5 Å². The van der Waals surface area contributed by atoms with Gasteiger partial charge in [0, 0.05) is 0 Å². The molecule has 0 aliphatic heterocycles. The third-order valence-corrected chi connectivity index (χ3v) is 2.51. The Hall–Kier alpha value is -1.30. The molecule has 1 radical (unpaired) electrons. The van der Waals surface area contributed by atoms with Crippen LogP contribution in [-0.4, -0.2) is 0 Å². The molecule has 14 heavy (non-hydrogen) atoms. The van der Waals surface area contributed by atoms with Crippen LogP contribution in [0.4, 0.5) is 0 Å². The van der Waals surface area contributed by atoms with E-state index in [0.717, 1.165) is 6.42 Å². The first kappa shape index (κ1) is 9.26. The molecule has 0 atom stereocenters. The van der Waals surface area contributed by atoms with Crippen molar-refractivity contribution in [3.8, 4) is 0 Å². The highest BCUT2D eigenvalue weighted by Crippen LogP contribution is 2.21. The fraction of sp³-hybridized carbons (Fsp3) is 0.286. The Balaban J connectivity index is 2.67. The fourth-order valence-corrected chi connectivity index (χ4v) is 1.92. The SMILES string of the molecule is CCCc1[c]c(C)cc2ccccc12. The summed E-state index contributed by atoms with van der Waals surface area (Å²) in [6.07, 6.45) is 2.31. The number of fused-ring (bicyclic) bond motifs is 1. The standard InChI is InChI=1S/C14H15/c1-3-6-12-9-11(2)10-13-7-4-5-8-14(12)13/h4-5,7-8,10H,3,6H2,1-2H3. The van der Waals surface area contributed by atoms with Crippen molar-refractivity contribution in [1.82, 2.24) is 0 Å². The maximum atomic E-state index is 3.45. The van der Waals surface area contributed by atoms with Crippen LogP contribution in [0.2, 0.25) is 0 Å². The van der Waals surface area contributed by atoms with E-state index in [2.05, 4.69) is 50.2 Å². The van der Waals surface area contributed by atoms with Gasteiger partial charge in [-0.25, -0.2) is 0 Å². The van der Waals surface area contributed by atoms with Gasteiger partial charge in [-0.15, -0.1) is 0 Å². The molecular formula is C14H15. The highest BCUT2D eigenvalue weighted by atomic mass is 14.0. The maximum Gasteiger partial charge on any atom is -0.0111 e. The van der Waals surface area contributed by atoms with Crippen LogP contribution in [0.3, 0.4) is 0 Å². The minimum Gasteiger partial charge on any atom is -0.0651 e. The van der Waals surface area contributed by atoms with Gasteiger partial charge in [0.1, 0.15) is 0 Å². The number of hydrogen-bond acceptors (Lipinski definition) is 0. The van der Waals surface area contributed by atoms with Gasteiger partial charge in [0.15, 0.2) is 0 Å². The first-order valence-electron chi connectivity index (χ1n) is 5.22. The summed E-state index contributed by atoms with van der Waals surface area (Å²) in [5.74, 6) is 0. The van der Waals surface area contributed by atoms with Crippen LogP contribution in [0.25, 0.3) is 10.8 Å². The van der Waals surface area contributed by atoms with Crippen LogP contribution in [0.15, 0.2) is 30.3 Å². The van der Waals surface area contributed by atoms with E-state index >= 15 is 0 Å². The largest absolute Gasteiger partial charge is 0.0651 e. The average Bonchev–Trinajstić information content (AvgIpc) is 2.18. The third-order valence-electron chi connectivity index (χ3n) is 2.51. The molecule has 0 saturated carbocycles. The second-order valence-corrected chi connectivity index (χ2v) is 3.77. The molecule has 0 fully saturated rings. The zero-order chi connectivity index (χ0) is 9.97. The molecule has 71 valence electrons. The third kappa shape index (κ3) is 1.65. The van der Waals surface area contributed by atoms with Crippen molar-refractivity contribution in [3.63, 3.8) is 0 Å². The molecule has 0 N–H and O–H groups in total. The summed E-state index contributed by atoms with van der Waals surface area (Å²) in [6.45, 7) is 4.33. The summed E-state index contributed by atoms with van der Waals surface area (Å²) < 4.78 is 0.